The van der Waals surface area contributed by atoms with Crippen LogP contribution in [0.25, 0.3) is 0 Å². The minimum Gasteiger partial charge on any atom is -0.469 e. The van der Waals surface area contributed by atoms with E-state index in [0.717, 1.165) is 40.7 Å². The molecule has 21 heavy (non-hydrogen) atoms. The van der Waals surface area contributed by atoms with E-state index in [-0.39, 0.29) is 18.0 Å². The molecule has 108 valence electrons. The van der Waals surface area contributed by atoms with Crippen LogP contribution in [0.1, 0.15) is 41.8 Å². The lowest BCUT2D eigenvalue weighted by molar-refractivity contribution is -0.117. The van der Waals surface area contributed by atoms with Crippen molar-refractivity contribution in [3.05, 3.63) is 51.9 Å². The minimum atomic E-state index is -0.302. The molecule has 2 unspecified atom stereocenters. The number of anilines is 1. The van der Waals surface area contributed by atoms with Gasteiger partial charge >= 0.3 is 0 Å². The van der Waals surface area contributed by atoms with Gasteiger partial charge in [0.2, 0.25) is 5.91 Å². The quantitative estimate of drug-likeness (QED) is 0.871. The van der Waals surface area contributed by atoms with Gasteiger partial charge in [-0.05, 0) is 37.1 Å². The Morgan fingerprint density at radius 3 is 3.10 bits per heavy atom. The fourth-order valence-corrected chi connectivity index (χ4v) is 3.64. The number of fused-ring (bicyclic) bond motifs is 2. The summed E-state index contributed by atoms with van der Waals surface area (Å²) in [7, 11) is 0. The number of rotatable bonds is 2. The Morgan fingerprint density at radius 1 is 1.29 bits per heavy atom. The summed E-state index contributed by atoms with van der Waals surface area (Å²) >= 11 is 3.48. The van der Waals surface area contributed by atoms with Crippen LogP contribution in [-0.2, 0) is 11.2 Å². The molecule has 2 aromatic rings. The lowest BCUT2D eigenvalue weighted by Gasteiger charge is -2.25. The number of hydrogen-bond acceptors (Lipinski definition) is 3. The van der Waals surface area contributed by atoms with Gasteiger partial charge in [-0.2, -0.15) is 0 Å². The van der Waals surface area contributed by atoms with E-state index in [4.69, 9.17) is 4.42 Å². The molecular weight excluding hydrogens is 332 g/mol. The highest BCUT2D eigenvalue weighted by Crippen LogP contribution is 2.37. The van der Waals surface area contributed by atoms with E-state index < -0.39 is 0 Å². The molecule has 1 aromatic heterocycles. The van der Waals surface area contributed by atoms with Gasteiger partial charge in [-0.1, -0.05) is 15.9 Å². The van der Waals surface area contributed by atoms with Gasteiger partial charge in [0.15, 0.2) is 0 Å². The smallest absolute Gasteiger partial charge is 0.246 e. The molecule has 5 heteroatoms. The molecule has 2 heterocycles. The average molecular weight is 347 g/mol. The van der Waals surface area contributed by atoms with Gasteiger partial charge in [0.1, 0.15) is 11.8 Å². The van der Waals surface area contributed by atoms with Crippen LogP contribution in [0, 0.1) is 0 Å². The molecule has 0 saturated carbocycles. The lowest BCUT2D eigenvalue weighted by Crippen LogP contribution is -2.32. The van der Waals surface area contributed by atoms with Crippen molar-refractivity contribution in [2.45, 2.75) is 31.3 Å². The third kappa shape index (κ3) is 2.21. The molecular formula is C16H15BrN2O2. The van der Waals surface area contributed by atoms with Gasteiger partial charge in [0.05, 0.1) is 6.26 Å². The number of carbonyl (C=O) groups excluding carboxylic acids is 1. The molecule has 0 spiro atoms. The number of furan rings is 1. The summed E-state index contributed by atoms with van der Waals surface area (Å²) in [6.45, 7) is 0. The molecule has 2 atom stereocenters. The summed E-state index contributed by atoms with van der Waals surface area (Å²) in [5, 5.41) is 6.44. The van der Waals surface area contributed by atoms with Crippen molar-refractivity contribution in [1.82, 2.24) is 5.32 Å². The van der Waals surface area contributed by atoms with Gasteiger partial charge in [-0.15, -0.1) is 0 Å². The largest absolute Gasteiger partial charge is 0.469 e. The second-order valence-corrected chi connectivity index (χ2v) is 6.48. The molecule has 4 nitrogen and oxygen atoms in total. The zero-order valence-corrected chi connectivity index (χ0v) is 12.9. The molecule has 0 saturated heterocycles. The molecule has 1 aromatic carbocycles. The summed E-state index contributed by atoms with van der Waals surface area (Å²) in [5.41, 5.74) is 3.09. The molecule has 1 aliphatic heterocycles. The Morgan fingerprint density at radius 2 is 2.19 bits per heavy atom. The van der Waals surface area contributed by atoms with Gasteiger partial charge < -0.3 is 9.73 Å². The SMILES string of the molecule is O=C1Nc2ccc(Br)cc2C1NC1CCCc2occc21. The summed E-state index contributed by atoms with van der Waals surface area (Å²) < 4.78 is 6.50. The van der Waals surface area contributed by atoms with E-state index >= 15 is 0 Å². The first kappa shape index (κ1) is 13.1. The van der Waals surface area contributed by atoms with Crippen LogP contribution in [-0.4, -0.2) is 5.91 Å². The minimum absolute atomic E-state index is 0.0127. The summed E-state index contributed by atoms with van der Waals surface area (Å²) in [6, 6.07) is 7.76. The molecule has 1 aliphatic carbocycles. The van der Waals surface area contributed by atoms with Crippen molar-refractivity contribution in [1.29, 1.82) is 0 Å². The average Bonchev–Trinajstić information content (AvgIpc) is 3.05. The highest BCUT2D eigenvalue weighted by atomic mass is 79.9. The van der Waals surface area contributed by atoms with Gasteiger partial charge in [0, 0.05) is 33.7 Å². The summed E-state index contributed by atoms with van der Waals surface area (Å²) in [6.07, 6.45) is 4.83. The van der Waals surface area contributed by atoms with Crippen molar-refractivity contribution in [2.75, 3.05) is 5.32 Å². The second-order valence-electron chi connectivity index (χ2n) is 5.56. The third-order valence-corrected chi connectivity index (χ3v) is 4.76. The van der Waals surface area contributed by atoms with Gasteiger partial charge in [-0.3, -0.25) is 10.1 Å². The Labute approximate surface area is 131 Å². The van der Waals surface area contributed by atoms with E-state index in [1.165, 1.54) is 5.56 Å². The van der Waals surface area contributed by atoms with E-state index in [1.807, 2.05) is 24.3 Å². The predicted molar refractivity (Wildman–Crippen MR) is 83.0 cm³/mol. The zero-order chi connectivity index (χ0) is 14.4. The maximum absolute atomic E-state index is 12.3. The first-order valence-corrected chi connectivity index (χ1v) is 7.94. The normalized spacial score (nSPS) is 23.6. The molecule has 1 amide bonds. The van der Waals surface area contributed by atoms with Crippen LogP contribution >= 0.6 is 15.9 Å². The fraction of sp³-hybridized carbons (Fsp3) is 0.312. The van der Waals surface area contributed by atoms with Crippen molar-refractivity contribution >= 4 is 27.5 Å². The number of aryl methyl sites for hydroxylation is 1. The predicted octanol–water partition coefficient (Wildman–Crippen LogP) is 3.70. The number of amides is 1. The van der Waals surface area contributed by atoms with Crippen LogP contribution in [0.2, 0.25) is 0 Å². The Balaban J connectivity index is 1.65. The fourth-order valence-electron chi connectivity index (χ4n) is 3.26. The number of nitrogens with one attached hydrogen (secondary N) is 2. The van der Waals surface area contributed by atoms with Crippen LogP contribution in [0.15, 0.2) is 39.4 Å². The van der Waals surface area contributed by atoms with Gasteiger partial charge in [0.25, 0.3) is 0 Å². The first-order chi connectivity index (χ1) is 10.2. The molecule has 2 N–H and O–H groups in total. The van der Waals surface area contributed by atoms with Crippen molar-refractivity contribution in [3.63, 3.8) is 0 Å². The summed E-state index contributed by atoms with van der Waals surface area (Å²) in [5.74, 6) is 1.06. The van der Waals surface area contributed by atoms with E-state index in [1.54, 1.807) is 6.26 Å². The van der Waals surface area contributed by atoms with Crippen LogP contribution < -0.4 is 10.6 Å². The maximum atomic E-state index is 12.3. The molecule has 4 rings (SSSR count). The standard InChI is InChI=1S/C16H15BrN2O2/c17-9-4-5-13-11(8-9)15(16(20)19-13)18-12-2-1-3-14-10(12)6-7-21-14/h4-8,12,15,18H,1-3H2,(H,19,20). The number of halogens is 1. The Bertz CT molecular complexity index is 710. The molecule has 0 radical (unpaired) electrons. The van der Waals surface area contributed by atoms with Crippen molar-refractivity contribution in [2.24, 2.45) is 0 Å². The van der Waals surface area contributed by atoms with Gasteiger partial charge in [-0.25, -0.2) is 0 Å². The van der Waals surface area contributed by atoms with Crippen LogP contribution in [0.3, 0.4) is 0 Å². The van der Waals surface area contributed by atoms with E-state index in [0.29, 0.717) is 0 Å². The lowest BCUT2D eigenvalue weighted by atomic mass is 9.92. The highest BCUT2D eigenvalue weighted by molar-refractivity contribution is 9.10. The summed E-state index contributed by atoms with van der Waals surface area (Å²) in [4.78, 5) is 12.3. The van der Waals surface area contributed by atoms with E-state index in [9.17, 15) is 4.79 Å². The monoisotopic (exact) mass is 346 g/mol. The van der Waals surface area contributed by atoms with E-state index in [2.05, 4.69) is 26.6 Å². The zero-order valence-electron chi connectivity index (χ0n) is 11.4. The number of carbonyl (C=O) groups is 1. The second kappa shape index (κ2) is 5.00. The highest BCUT2D eigenvalue weighted by Gasteiger charge is 2.34. The Kier molecular flexibility index (Phi) is 3.12. The maximum Gasteiger partial charge on any atom is 0.246 e. The number of benzene rings is 1. The topological polar surface area (TPSA) is 54.3 Å². The third-order valence-electron chi connectivity index (χ3n) is 4.26. The van der Waals surface area contributed by atoms with Crippen LogP contribution in [0.4, 0.5) is 5.69 Å². The first-order valence-electron chi connectivity index (χ1n) is 7.15. The number of hydrogen-bond donors (Lipinski definition) is 2. The Hall–Kier alpha value is -1.59. The van der Waals surface area contributed by atoms with Crippen LogP contribution in [0.5, 0.6) is 0 Å². The van der Waals surface area contributed by atoms with Crippen molar-refractivity contribution < 1.29 is 9.21 Å². The van der Waals surface area contributed by atoms with Crippen molar-refractivity contribution in [3.8, 4) is 0 Å². The molecule has 0 bridgehead atoms. The molecule has 0 fully saturated rings. The molecule has 2 aliphatic rings.